The number of sulfonamides is 1. The molecule has 1 amide bonds. The first-order chi connectivity index (χ1) is 10.4. The molecule has 0 radical (unpaired) electrons. The van der Waals surface area contributed by atoms with Crippen LogP contribution in [0.3, 0.4) is 0 Å². The lowest BCUT2D eigenvalue weighted by Gasteiger charge is -2.29. The third kappa shape index (κ3) is 4.51. The molecule has 1 saturated heterocycles. The number of carbonyl (C=O) groups is 1. The summed E-state index contributed by atoms with van der Waals surface area (Å²) in [5.74, 6) is -0.513. The van der Waals surface area contributed by atoms with E-state index in [9.17, 15) is 17.6 Å². The number of piperidine rings is 1. The summed E-state index contributed by atoms with van der Waals surface area (Å²) in [7, 11) is -3.17. The van der Waals surface area contributed by atoms with Gasteiger partial charge in [0.1, 0.15) is 5.82 Å². The van der Waals surface area contributed by atoms with Crippen LogP contribution in [-0.2, 0) is 21.2 Å². The number of hydrogen-bond acceptors (Lipinski definition) is 3. The Morgan fingerprint density at radius 3 is 2.55 bits per heavy atom. The molecule has 1 aromatic carbocycles. The van der Waals surface area contributed by atoms with Gasteiger partial charge in [-0.1, -0.05) is 18.2 Å². The van der Waals surface area contributed by atoms with Crippen molar-refractivity contribution >= 4 is 15.9 Å². The van der Waals surface area contributed by atoms with Crippen LogP contribution in [0.1, 0.15) is 18.4 Å². The van der Waals surface area contributed by atoms with Crippen LogP contribution >= 0.6 is 0 Å². The molecule has 0 aliphatic carbocycles. The summed E-state index contributed by atoms with van der Waals surface area (Å²) in [4.78, 5) is 12.1. The van der Waals surface area contributed by atoms with Gasteiger partial charge < -0.3 is 5.32 Å². The van der Waals surface area contributed by atoms with E-state index in [1.165, 1.54) is 16.6 Å². The molecule has 1 aliphatic rings. The SMILES string of the molecule is CS(=O)(=O)N1CCC(C(=O)NCCc2ccccc2F)CC1. The number of halogens is 1. The van der Waals surface area contributed by atoms with Crippen LogP contribution in [0, 0.1) is 11.7 Å². The van der Waals surface area contributed by atoms with E-state index in [1.807, 2.05) is 0 Å². The molecule has 0 aromatic heterocycles. The van der Waals surface area contributed by atoms with E-state index in [0.717, 1.165) is 0 Å². The Kier molecular flexibility index (Phi) is 5.52. The highest BCUT2D eigenvalue weighted by molar-refractivity contribution is 7.88. The Balaban J connectivity index is 1.76. The summed E-state index contributed by atoms with van der Waals surface area (Å²) in [5.41, 5.74) is 0.578. The smallest absolute Gasteiger partial charge is 0.223 e. The number of hydrogen-bond donors (Lipinski definition) is 1. The molecular formula is C15H21FN2O3S. The molecule has 0 atom stereocenters. The van der Waals surface area contributed by atoms with Crippen molar-refractivity contribution in [3.05, 3.63) is 35.6 Å². The van der Waals surface area contributed by atoms with Gasteiger partial charge in [-0.05, 0) is 30.9 Å². The largest absolute Gasteiger partial charge is 0.356 e. The predicted molar refractivity (Wildman–Crippen MR) is 82.3 cm³/mol. The van der Waals surface area contributed by atoms with Crippen molar-refractivity contribution in [2.75, 3.05) is 25.9 Å². The molecule has 1 aliphatic heterocycles. The Hall–Kier alpha value is -1.47. The van der Waals surface area contributed by atoms with E-state index in [1.54, 1.807) is 18.2 Å². The maximum atomic E-state index is 13.4. The van der Waals surface area contributed by atoms with Crippen LogP contribution in [0.15, 0.2) is 24.3 Å². The van der Waals surface area contributed by atoms with E-state index < -0.39 is 10.0 Å². The minimum absolute atomic E-state index is 0.0792. The minimum atomic E-state index is -3.17. The lowest BCUT2D eigenvalue weighted by molar-refractivity contribution is -0.126. The molecule has 1 aromatic rings. The van der Waals surface area contributed by atoms with Crippen molar-refractivity contribution in [3.63, 3.8) is 0 Å². The summed E-state index contributed by atoms with van der Waals surface area (Å²) in [6.45, 7) is 1.14. The first-order valence-corrected chi connectivity index (χ1v) is 9.19. The third-order valence-electron chi connectivity index (χ3n) is 3.95. The number of carbonyl (C=O) groups excluding carboxylic acids is 1. The minimum Gasteiger partial charge on any atom is -0.356 e. The second-order valence-corrected chi connectivity index (χ2v) is 7.55. The fourth-order valence-corrected chi connectivity index (χ4v) is 3.49. The molecule has 0 unspecified atom stereocenters. The van der Waals surface area contributed by atoms with Crippen LogP contribution in [0.25, 0.3) is 0 Å². The van der Waals surface area contributed by atoms with E-state index >= 15 is 0 Å². The van der Waals surface area contributed by atoms with Gasteiger partial charge in [0.2, 0.25) is 15.9 Å². The highest BCUT2D eigenvalue weighted by Gasteiger charge is 2.28. The molecule has 22 heavy (non-hydrogen) atoms. The van der Waals surface area contributed by atoms with Gasteiger partial charge in [-0.25, -0.2) is 17.1 Å². The van der Waals surface area contributed by atoms with E-state index in [2.05, 4.69) is 5.32 Å². The summed E-state index contributed by atoms with van der Waals surface area (Å²) < 4.78 is 37.7. The lowest BCUT2D eigenvalue weighted by Crippen LogP contribution is -2.42. The average molecular weight is 328 g/mol. The van der Waals surface area contributed by atoms with Crippen molar-refractivity contribution in [2.45, 2.75) is 19.3 Å². The number of benzene rings is 1. The molecule has 2 rings (SSSR count). The van der Waals surface area contributed by atoms with Gasteiger partial charge in [0, 0.05) is 25.6 Å². The molecule has 0 bridgehead atoms. The zero-order valence-corrected chi connectivity index (χ0v) is 13.4. The highest BCUT2D eigenvalue weighted by Crippen LogP contribution is 2.19. The van der Waals surface area contributed by atoms with Crippen LogP contribution in [0.2, 0.25) is 0 Å². The fourth-order valence-electron chi connectivity index (χ4n) is 2.62. The standard InChI is InChI=1S/C15H21FN2O3S/c1-22(20,21)18-10-7-13(8-11-18)15(19)17-9-6-12-4-2-3-5-14(12)16/h2-5,13H,6-11H2,1H3,(H,17,19). The summed E-state index contributed by atoms with van der Waals surface area (Å²) in [6, 6.07) is 6.50. The van der Waals surface area contributed by atoms with Crippen LogP contribution in [0.4, 0.5) is 4.39 Å². The van der Waals surface area contributed by atoms with E-state index in [0.29, 0.717) is 44.5 Å². The normalized spacial score (nSPS) is 17.4. The van der Waals surface area contributed by atoms with Crippen LogP contribution in [-0.4, -0.2) is 44.5 Å². The predicted octanol–water partition coefficient (Wildman–Crippen LogP) is 1.16. The lowest BCUT2D eigenvalue weighted by atomic mass is 9.97. The molecule has 5 nitrogen and oxygen atoms in total. The fraction of sp³-hybridized carbons (Fsp3) is 0.533. The van der Waals surface area contributed by atoms with E-state index in [-0.39, 0.29) is 17.6 Å². The number of rotatable bonds is 5. The highest BCUT2D eigenvalue weighted by atomic mass is 32.2. The van der Waals surface area contributed by atoms with Gasteiger partial charge in [-0.3, -0.25) is 4.79 Å². The first kappa shape index (κ1) is 16.9. The molecule has 0 saturated carbocycles. The van der Waals surface area contributed by atoms with Gasteiger partial charge in [-0.15, -0.1) is 0 Å². The first-order valence-electron chi connectivity index (χ1n) is 7.34. The molecule has 0 spiro atoms. The maximum Gasteiger partial charge on any atom is 0.223 e. The Bertz CT molecular complexity index is 625. The summed E-state index contributed by atoms with van der Waals surface area (Å²) in [6.07, 6.45) is 2.68. The topological polar surface area (TPSA) is 66.5 Å². The van der Waals surface area contributed by atoms with Crippen molar-refractivity contribution in [3.8, 4) is 0 Å². The van der Waals surface area contributed by atoms with Gasteiger partial charge in [-0.2, -0.15) is 0 Å². The number of amides is 1. The van der Waals surface area contributed by atoms with Gasteiger partial charge >= 0.3 is 0 Å². The van der Waals surface area contributed by atoms with Crippen molar-refractivity contribution in [1.29, 1.82) is 0 Å². The van der Waals surface area contributed by atoms with E-state index in [4.69, 9.17) is 0 Å². The third-order valence-corrected chi connectivity index (χ3v) is 5.25. The molecule has 1 N–H and O–H groups in total. The quantitative estimate of drug-likeness (QED) is 0.882. The van der Waals surface area contributed by atoms with Crippen LogP contribution in [0.5, 0.6) is 0 Å². The zero-order chi connectivity index (χ0) is 16.2. The Morgan fingerprint density at radius 1 is 1.32 bits per heavy atom. The van der Waals surface area contributed by atoms with Gasteiger partial charge in [0.15, 0.2) is 0 Å². The van der Waals surface area contributed by atoms with Crippen molar-refractivity contribution in [2.24, 2.45) is 5.92 Å². The molecule has 122 valence electrons. The summed E-state index contributed by atoms with van der Waals surface area (Å²) in [5, 5.41) is 2.81. The van der Waals surface area contributed by atoms with Crippen molar-refractivity contribution in [1.82, 2.24) is 9.62 Å². The summed E-state index contributed by atoms with van der Waals surface area (Å²) >= 11 is 0. The second kappa shape index (κ2) is 7.19. The monoisotopic (exact) mass is 328 g/mol. The number of nitrogens with zero attached hydrogens (tertiary/aromatic N) is 1. The van der Waals surface area contributed by atoms with Crippen molar-refractivity contribution < 1.29 is 17.6 Å². The molecule has 1 fully saturated rings. The van der Waals surface area contributed by atoms with Gasteiger partial charge in [0.05, 0.1) is 6.26 Å². The average Bonchev–Trinajstić information content (AvgIpc) is 2.48. The van der Waals surface area contributed by atoms with Crippen LogP contribution < -0.4 is 5.32 Å². The molecular weight excluding hydrogens is 307 g/mol. The zero-order valence-electron chi connectivity index (χ0n) is 12.6. The Morgan fingerprint density at radius 2 is 1.95 bits per heavy atom. The molecule has 1 heterocycles. The molecule has 7 heteroatoms. The second-order valence-electron chi connectivity index (χ2n) is 5.57. The number of nitrogens with one attached hydrogen (secondary N) is 1. The maximum absolute atomic E-state index is 13.4. The Labute approximate surface area is 130 Å². The van der Waals surface area contributed by atoms with Gasteiger partial charge in [0.25, 0.3) is 0 Å².